The lowest BCUT2D eigenvalue weighted by molar-refractivity contribution is 0.0613. The van der Waals surface area contributed by atoms with Gasteiger partial charge >= 0.3 is 6.16 Å². The molecule has 0 spiro atoms. The van der Waals surface area contributed by atoms with Crippen LogP contribution >= 0.6 is 0 Å². The van der Waals surface area contributed by atoms with Crippen molar-refractivity contribution >= 4 is 12.0 Å². The van der Waals surface area contributed by atoms with E-state index >= 15 is 0 Å². The lowest BCUT2D eigenvalue weighted by atomic mass is 10.1. The quantitative estimate of drug-likeness (QED) is 0.267. The number of carbonyl (C=O) groups excluding carboxylic acids is 1. The molecular formula is C11H15N3O3. The van der Waals surface area contributed by atoms with Gasteiger partial charge in [-0.2, -0.15) is 0 Å². The Hall–Kier alpha value is -2.08. The Labute approximate surface area is 99.2 Å². The molecule has 6 heteroatoms. The van der Waals surface area contributed by atoms with Crippen molar-refractivity contribution in [2.45, 2.75) is 13.5 Å². The van der Waals surface area contributed by atoms with Gasteiger partial charge in [0.2, 0.25) is 0 Å². The van der Waals surface area contributed by atoms with Gasteiger partial charge in [0.25, 0.3) is 0 Å². The number of benzene rings is 1. The van der Waals surface area contributed by atoms with E-state index in [-0.39, 0.29) is 12.4 Å². The summed E-state index contributed by atoms with van der Waals surface area (Å²) in [5.41, 5.74) is 12.7. The molecule has 4 N–H and O–H groups in total. The van der Waals surface area contributed by atoms with Crippen molar-refractivity contribution < 1.29 is 14.4 Å². The van der Waals surface area contributed by atoms with E-state index in [1.807, 2.05) is 12.1 Å². The highest BCUT2D eigenvalue weighted by molar-refractivity contribution is 5.98. The van der Waals surface area contributed by atoms with Gasteiger partial charge in [-0.25, -0.2) is 4.79 Å². The molecule has 17 heavy (non-hydrogen) atoms. The largest absolute Gasteiger partial charge is 0.535 e. The van der Waals surface area contributed by atoms with E-state index in [9.17, 15) is 4.79 Å². The first-order valence-corrected chi connectivity index (χ1v) is 5.14. The van der Waals surface area contributed by atoms with Crippen molar-refractivity contribution in [2.75, 3.05) is 6.61 Å². The van der Waals surface area contributed by atoms with Crippen molar-refractivity contribution in [2.24, 2.45) is 16.6 Å². The number of oxime groups is 1. The molecule has 0 aliphatic rings. The third-order valence-corrected chi connectivity index (χ3v) is 1.99. The Balaban J connectivity index is 2.77. The fraction of sp³-hybridized carbons (Fsp3) is 0.273. The molecule has 1 aromatic rings. The molecule has 1 rings (SSSR count). The van der Waals surface area contributed by atoms with E-state index in [4.69, 9.17) is 11.5 Å². The maximum Gasteiger partial charge on any atom is 0.535 e. The monoisotopic (exact) mass is 237 g/mol. The average Bonchev–Trinajstić information content (AvgIpc) is 2.36. The Morgan fingerprint density at radius 1 is 1.41 bits per heavy atom. The molecular weight excluding hydrogens is 222 g/mol. The third-order valence-electron chi connectivity index (χ3n) is 1.99. The van der Waals surface area contributed by atoms with E-state index in [1.165, 1.54) is 0 Å². The van der Waals surface area contributed by atoms with Gasteiger partial charge in [-0.05, 0) is 12.5 Å². The van der Waals surface area contributed by atoms with Gasteiger partial charge < -0.3 is 16.2 Å². The minimum Gasteiger partial charge on any atom is -0.433 e. The Morgan fingerprint density at radius 2 is 2.12 bits per heavy atom. The third kappa shape index (κ3) is 3.76. The van der Waals surface area contributed by atoms with E-state index in [0.29, 0.717) is 12.1 Å². The summed E-state index contributed by atoms with van der Waals surface area (Å²) in [5.74, 6) is 0.0825. The van der Waals surface area contributed by atoms with Crippen LogP contribution in [0.15, 0.2) is 29.4 Å². The molecule has 0 amide bonds. The zero-order valence-electron chi connectivity index (χ0n) is 9.55. The van der Waals surface area contributed by atoms with Gasteiger partial charge in [-0.15, -0.1) is 0 Å². The summed E-state index contributed by atoms with van der Waals surface area (Å²) >= 11 is 0. The zero-order valence-corrected chi connectivity index (χ0v) is 9.55. The van der Waals surface area contributed by atoms with Gasteiger partial charge in [0.15, 0.2) is 5.84 Å². The molecule has 0 saturated heterocycles. The van der Waals surface area contributed by atoms with E-state index < -0.39 is 6.16 Å². The van der Waals surface area contributed by atoms with Crippen LogP contribution in [0.3, 0.4) is 0 Å². The summed E-state index contributed by atoms with van der Waals surface area (Å²) in [5, 5.41) is 3.49. The SMILES string of the molecule is CCOC(=O)ON=C(N)c1ccccc1CN. The van der Waals surface area contributed by atoms with Crippen LogP contribution in [0.4, 0.5) is 4.79 Å². The topological polar surface area (TPSA) is 99.9 Å². The summed E-state index contributed by atoms with van der Waals surface area (Å²) in [4.78, 5) is 15.4. The van der Waals surface area contributed by atoms with Gasteiger partial charge in [-0.3, -0.25) is 4.84 Å². The van der Waals surface area contributed by atoms with Crippen molar-refractivity contribution in [3.8, 4) is 0 Å². The summed E-state index contributed by atoms with van der Waals surface area (Å²) in [6.45, 7) is 2.21. The zero-order chi connectivity index (χ0) is 12.7. The predicted molar refractivity (Wildman–Crippen MR) is 63.2 cm³/mol. The van der Waals surface area contributed by atoms with Crippen LogP contribution in [0.5, 0.6) is 0 Å². The smallest absolute Gasteiger partial charge is 0.433 e. The van der Waals surface area contributed by atoms with Gasteiger partial charge in [0, 0.05) is 12.1 Å². The van der Waals surface area contributed by atoms with Crippen molar-refractivity contribution in [1.29, 1.82) is 0 Å². The predicted octanol–water partition coefficient (Wildman–Crippen LogP) is 0.939. The molecule has 0 heterocycles. The highest BCUT2D eigenvalue weighted by atomic mass is 16.8. The second kappa shape index (κ2) is 6.49. The average molecular weight is 237 g/mol. The molecule has 0 aromatic heterocycles. The van der Waals surface area contributed by atoms with Crippen molar-refractivity contribution in [3.63, 3.8) is 0 Å². The van der Waals surface area contributed by atoms with Crippen LogP contribution in [-0.2, 0) is 16.1 Å². The summed E-state index contributed by atoms with van der Waals surface area (Å²) in [7, 11) is 0. The van der Waals surface area contributed by atoms with Crippen LogP contribution in [0.25, 0.3) is 0 Å². The number of hydrogen-bond donors (Lipinski definition) is 2. The van der Waals surface area contributed by atoms with E-state index in [0.717, 1.165) is 5.56 Å². The maximum atomic E-state index is 10.9. The van der Waals surface area contributed by atoms with Gasteiger partial charge in [0.05, 0.1) is 6.61 Å². The summed E-state index contributed by atoms with van der Waals surface area (Å²) < 4.78 is 4.54. The molecule has 6 nitrogen and oxygen atoms in total. The number of rotatable bonds is 4. The lowest BCUT2D eigenvalue weighted by Crippen LogP contribution is -2.18. The first-order chi connectivity index (χ1) is 8.19. The highest BCUT2D eigenvalue weighted by Crippen LogP contribution is 2.07. The molecule has 0 fully saturated rings. The molecule has 0 radical (unpaired) electrons. The van der Waals surface area contributed by atoms with Crippen LogP contribution < -0.4 is 11.5 Å². The first-order valence-electron chi connectivity index (χ1n) is 5.14. The fourth-order valence-electron chi connectivity index (χ4n) is 1.23. The Bertz CT molecular complexity index is 418. The number of nitrogens with zero attached hydrogens (tertiary/aromatic N) is 1. The molecule has 0 atom stereocenters. The molecule has 0 unspecified atom stereocenters. The molecule has 0 aliphatic heterocycles. The number of carbonyl (C=O) groups is 1. The van der Waals surface area contributed by atoms with E-state index in [1.54, 1.807) is 19.1 Å². The maximum absolute atomic E-state index is 10.9. The first kappa shape index (κ1) is 13.0. The Morgan fingerprint density at radius 3 is 2.76 bits per heavy atom. The van der Waals surface area contributed by atoms with Crippen LogP contribution in [0, 0.1) is 0 Å². The number of ether oxygens (including phenoxy) is 1. The normalized spacial score (nSPS) is 11.1. The van der Waals surface area contributed by atoms with Crippen LogP contribution in [0.2, 0.25) is 0 Å². The summed E-state index contributed by atoms with van der Waals surface area (Å²) in [6.07, 6.45) is -0.888. The van der Waals surface area contributed by atoms with Crippen LogP contribution in [-0.4, -0.2) is 18.6 Å². The van der Waals surface area contributed by atoms with Gasteiger partial charge in [-0.1, -0.05) is 29.4 Å². The standard InChI is InChI=1S/C11H15N3O3/c1-2-16-11(15)17-14-10(13)9-6-4-3-5-8(9)7-12/h3-6H,2,7,12H2,1H3,(H2,13,14). The minimum atomic E-state index is -0.888. The fourth-order valence-corrected chi connectivity index (χ4v) is 1.23. The summed E-state index contributed by atoms with van der Waals surface area (Å²) in [6, 6.07) is 7.20. The number of hydrogen-bond acceptors (Lipinski definition) is 5. The molecule has 0 saturated carbocycles. The lowest BCUT2D eigenvalue weighted by Gasteiger charge is -2.05. The molecule has 0 bridgehead atoms. The molecule has 0 aliphatic carbocycles. The second-order valence-corrected chi connectivity index (χ2v) is 3.11. The molecule has 92 valence electrons. The van der Waals surface area contributed by atoms with Gasteiger partial charge in [0.1, 0.15) is 0 Å². The van der Waals surface area contributed by atoms with Crippen molar-refractivity contribution in [3.05, 3.63) is 35.4 Å². The highest BCUT2D eigenvalue weighted by Gasteiger charge is 2.07. The minimum absolute atomic E-state index is 0.0825. The Kier molecular flexibility index (Phi) is 4.96. The number of nitrogens with two attached hydrogens (primary N) is 2. The molecule has 1 aromatic carbocycles. The number of amidine groups is 1. The van der Waals surface area contributed by atoms with E-state index in [2.05, 4.69) is 14.7 Å². The second-order valence-electron chi connectivity index (χ2n) is 3.11. The van der Waals surface area contributed by atoms with Crippen molar-refractivity contribution in [1.82, 2.24) is 0 Å². The van der Waals surface area contributed by atoms with Crippen LogP contribution in [0.1, 0.15) is 18.1 Å².